The highest BCUT2D eigenvalue weighted by Crippen LogP contribution is 2.19. The lowest BCUT2D eigenvalue weighted by atomic mass is 10.0. The van der Waals surface area contributed by atoms with Gasteiger partial charge < -0.3 is 15.2 Å². The van der Waals surface area contributed by atoms with Crippen molar-refractivity contribution in [3.8, 4) is 0 Å². The smallest absolute Gasteiger partial charge is 0.268 e. The molecule has 1 aliphatic rings. The Morgan fingerprint density at radius 3 is 2.54 bits per heavy atom. The number of amides is 2. The number of halogens is 3. The van der Waals surface area contributed by atoms with Crippen molar-refractivity contribution in [1.29, 1.82) is 0 Å². The van der Waals surface area contributed by atoms with Crippen molar-refractivity contribution in [3.63, 3.8) is 0 Å². The first-order chi connectivity index (χ1) is 16.5. The fraction of sp³-hybridized carbons (Fsp3) is 0.318. The van der Waals surface area contributed by atoms with Crippen molar-refractivity contribution in [1.82, 2.24) is 24.5 Å². The van der Waals surface area contributed by atoms with Crippen molar-refractivity contribution < 1.29 is 26.8 Å². The minimum atomic E-state index is -3.40. The van der Waals surface area contributed by atoms with Crippen LogP contribution in [0.3, 0.4) is 0 Å². The fourth-order valence-electron chi connectivity index (χ4n) is 3.91. The van der Waals surface area contributed by atoms with Gasteiger partial charge in [-0.25, -0.2) is 22.2 Å². The van der Waals surface area contributed by atoms with Gasteiger partial charge in [0.1, 0.15) is 29.0 Å². The van der Waals surface area contributed by atoms with E-state index in [0.717, 1.165) is 12.3 Å². The summed E-state index contributed by atoms with van der Waals surface area (Å²) in [6.45, 7) is 0.424. The lowest BCUT2D eigenvalue weighted by Gasteiger charge is -2.35. The molecule has 1 aliphatic heterocycles. The molecule has 3 aromatic rings. The van der Waals surface area contributed by atoms with Crippen LogP contribution in [0, 0.1) is 11.6 Å². The van der Waals surface area contributed by atoms with Gasteiger partial charge in [-0.15, -0.1) is 0 Å². The molecule has 0 bridgehead atoms. The van der Waals surface area contributed by atoms with Gasteiger partial charge in [0.15, 0.2) is 0 Å². The second-order valence-electron chi connectivity index (χ2n) is 8.23. The molecule has 1 fully saturated rings. The van der Waals surface area contributed by atoms with Gasteiger partial charge in [0.25, 0.3) is 5.91 Å². The third-order valence-corrected chi connectivity index (χ3v) is 7.25. The summed E-state index contributed by atoms with van der Waals surface area (Å²) < 4.78 is 52.5. The second-order valence-corrected chi connectivity index (χ2v) is 10.6. The van der Waals surface area contributed by atoms with Gasteiger partial charge in [0.05, 0.1) is 11.3 Å². The quantitative estimate of drug-likeness (QED) is 0.510. The highest BCUT2D eigenvalue weighted by atomic mass is 35.5. The summed E-state index contributed by atoms with van der Waals surface area (Å²) in [4.78, 5) is 34.7. The Kier molecular flexibility index (Phi) is 7.06. The molecular weight excluding hydrogens is 504 g/mol. The average molecular weight is 526 g/mol. The zero-order valence-electron chi connectivity index (χ0n) is 18.6. The van der Waals surface area contributed by atoms with Crippen LogP contribution < -0.4 is 5.32 Å². The number of nitrogens with zero attached hydrogens (tertiary/aromatic N) is 3. The molecule has 35 heavy (non-hydrogen) atoms. The van der Waals surface area contributed by atoms with E-state index in [0.29, 0.717) is 22.1 Å². The summed E-state index contributed by atoms with van der Waals surface area (Å²) in [5.41, 5.74) is 0.586. The molecule has 0 aliphatic carbocycles. The van der Waals surface area contributed by atoms with Gasteiger partial charge in [-0.1, -0.05) is 17.7 Å². The summed E-state index contributed by atoms with van der Waals surface area (Å²) in [6, 6.07) is 4.95. The van der Waals surface area contributed by atoms with Crippen molar-refractivity contribution in [2.75, 3.05) is 32.4 Å². The third kappa shape index (κ3) is 5.77. The maximum atomic E-state index is 14.4. The third-order valence-electron chi connectivity index (χ3n) is 5.74. The van der Waals surface area contributed by atoms with Crippen LogP contribution in [0.4, 0.5) is 8.78 Å². The van der Waals surface area contributed by atoms with Gasteiger partial charge in [0.2, 0.25) is 15.9 Å². The Morgan fingerprint density at radius 1 is 1.17 bits per heavy atom. The molecule has 0 spiro atoms. The first kappa shape index (κ1) is 25.0. The van der Waals surface area contributed by atoms with Crippen LogP contribution in [0.15, 0.2) is 36.5 Å². The van der Waals surface area contributed by atoms with Crippen molar-refractivity contribution >= 4 is 44.5 Å². The second kappa shape index (κ2) is 9.88. The minimum absolute atomic E-state index is 0.0462. The maximum absolute atomic E-state index is 14.4. The molecule has 2 aromatic heterocycles. The molecule has 186 valence electrons. The van der Waals surface area contributed by atoms with E-state index in [2.05, 4.69) is 15.3 Å². The Bertz CT molecular complexity index is 1390. The van der Waals surface area contributed by atoms with Gasteiger partial charge in [-0.2, -0.15) is 4.31 Å². The number of carbonyl (C=O) groups excluding carboxylic acids is 2. The Hall–Kier alpha value is -3.09. The summed E-state index contributed by atoms with van der Waals surface area (Å²) in [6.07, 6.45) is 2.28. The molecule has 2 N–H and O–H groups in total. The molecule has 1 atom stereocenters. The number of carbonyl (C=O) groups is 2. The Morgan fingerprint density at radius 2 is 1.89 bits per heavy atom. The topological polar surface area (TPSA) is 115 Å². The van der Waals surface area contributed by atoms with E-state index in [1.165, 1.54) is 27.5 Å². The number of benzene rings is 1. The summed E-state index contributed by atoms with van der Waals surface area (Å²) in [5.74, 6) is -2.75. The van der Waals surface area contributed by atoms with Crippen LogP contribution in [0.25, 0.3) is 11.0 Å². The van der Waals surface area contributed by atoms with E-state index in [9.17, 15) is 26.8 Å². The lowest BCUT2D eigenvalue weighted by Crippen LogP contribution is -2.56. The summed E-state index contributed by atoms with van der Waals surface area (Å²) >= 11 is 5.94. The zero-order valence-corrected chi connectivity index (χ0v) is 20.2. The fourth-order valence-corrected chi connectivity index (χ4v) is 4.91. The molecule has 4 rings (SSSR count). The lowest BCUT2D eigenvalue weighted by molar-refractivity contribution is -0.134. The van der Waals surface area contributed by atoms with E-state index in [1.807, 2.05) is 0 Å². The van der Waals surface area contributed by atoms with Crippen molar-refractivity contribution in [2.24, 2.45) is 0 Å². The molecular formula is C22H22ClF2N5O4S. The number of aromatic nitrogens is 2. The van der Waals surface area contributed by atoms with E-state index in [-0.39, 0.29) is 43.9 Å². The highest BCUT2D eigenvalue weighted by molar-refractivity contribution is 7.88. The van der Waals surface area contributed by atoms with Crippen LogP contribution in [0.1, 0.15) is 16.1 Å². The minimum Gasteiger partial charge on any atom is -0.339 e. The van der Waals surface area contributed by atoms with E-state index in [4.69, 9.17) is 11.6 Å². The molecule has 3 heterocycles. The normalized spacial score (nSPS) is 15.8. The molecule has 0 saturated carbocycles. The molecule has 0 unspecified atom stereocenters. The molecule has 2 amide bonds. The first-order valence-electron chi connectivity index (χ1n) is 10.6. The zero-order chi connectivity index (χ0) is 25.3. The predicted molar refractivity (Wildman–Crippen MR) is 125 cm³/mol. The molecule has 0 radical (unpaired) electrons. The number of nitrogens with one attached hydrogen (secondary N) is 2. The van der Waals surface area contributed by atoms with Crippen LogP contribution in [0.2, 0.25) is 5.02 Å². The summed E-state index contributed by atoms with van der Waals surface area (Å²) in [5, 5.41) is 3.60. The number of H-pyrrole nitrogens is 1. The van der Waals surface area contributed by atoms with Crippen LogP contribution >= 0.6 is 11.6 Å². The standard InChI is InChI=1S/C22H22ClF2N5O4S/c1-35(33,34)30-6-4-29(5-7-30)22(32)19(9-13-2-3-16(24)11-17(13)25)28-21(31)18-10-14-8-15(23)12-26-20(14)27-18/h2-3,8,10-12,19H,4-7,9H2,1H3,(H,26,27)(H,28,31)/t19-/m0/s1. The van der Waals surface area contributed by atoms with Crippen molar-refractivity contribution in [3.05, 3.63) is 64.4 Å². The number of hydrogen-bond acceptors (Lipinski definition) is 5. The average Bonchev–Trinajstić information content (AvgIpc) is 3.22. The van der Waals surface area contributed by atoms with Crippen molar-refractivity contribution in [2.45, 2.75) is 12.5 Å². The molecule has 9 nitrogen and oxygen atoms in total. The van der Waals surface area contributed by atoms with Crippen LogP contribution in [-0.2, 0) is 21.2 Å². The molecule has 1 aromatic carbocycles. The van der Waals surface area contributed by atoms with Gasteiger partial charge in [-0.05, 0) is 23.8 Å². The predicted octanol–water partition coefficient (Wildman–Crippen LogP) is 1.94. The summed E-state index contributed by atoms with van der Waals surface area (Å²) in [7, 11) is -3.40. The first-order valence-corrected chi connectivity index (χ1v) is 12.9. The highest BCUT2D eigenvalue weighted by Gasteiger charge is 2.32. The Balaban J connectivity index is 1.56. The number of hydrogen-bond donors (Lipinski definition) is 2. The molecule has 1 saturated heterocycles. The number of piperazine rings is 1. The number of fused-ring (bicyclic) bond motifs is 1. The largest absolute Gasteiger partial charge is 0.339 e. The SMILES string of the molecule is CS(=O)(=O)N1CCN(C(=O)[C@H](Cc2ccc(F)cc2F)NC(=O)c2cc3cc(Cl)cnc3[nH]2)CC1. The number of aromatic amines is 1. The number of sulfonamides is 1. The van der Waals surface area contributed by atoms with Gasteiger partial charge in [-0.3, -0.25) is 9.59 Å². The van der Waals surface area contributed by atoms with Gasteiger partial charge >= 0.3 is 0 Å². The van der Waals surface area contributed by atoms with Crippen LogP contribution in [-0.4, -0.2) is 77.9 Å². The maximum Gasteiger partial charge on any atom is 0.268 e. The van der Waals surface area contributed by atoms with Gasteiger partial charge in [0, 0.05) is 50.2 Å². The van der Waals surface area contributed by atoms with Crippen LogP contribution in [0.5, 0.6) is 0 Å². The van der Waals surface area contributed by atoms with E-state index < -0.39 is 39.5 Å². The number of rotatable bonds is 6. The van der Waals surface area contributed by atoms with E-state index >= 15 is 0 Å². The number of pyridine rings is 1. The Labute approximate surface area is 205 Å². The van der Waals surface area contributed by atoms with E-state index in [1.54, 1.807) is 6.07 Å². The monoisotopic (exact) mass is 525 g/mol. The molecule has 13 heteroatoms.